The smallest absolute Gasteiger partial charge is 0.311 e. The largest absolute Gasteiger partial charge is 0.488 e. The number of nitrogens with zero attached hydrogens (tertiary/aromatic N) is 1. The van der Waals surface area contributed by atoms with E-state index in [1.54, 1.807) is 27.9 Å². The predicted molar refractivity (Wildman–Crippen MR) is 230 cm³/mol. The number of ether oxygens (including phenoxy) is 7. The lowest BCUT2D eigenvalue weighted by Crippen LogP contribution is -2.61. The molecular formula is C47H85NO12. The lowest BCUT2D eigenvalue weighted by Gasteiger charge is -2.49. The Labute approximate surface area is 362 Å². The van der Waals surface area contributed by atoms with Crippen molar-refractivity contribution in [3.8, 4) is 0 Å². The maximum atomic E-state index is 14.5. The molecule has 0 aromatic rings. The van der Waals surface area contributed by atoms with E-state index in [0.29, 0.717) is 18.6 Å². The molecule has 4 aliphatic rings. The van der Waals surface area contributed by atoms with Crippen LogP contribution in [-0.2, 0) is 38.0 Å². The molecule has 5 unspecified atom stereocenters. The highest BCUT2D eigenvalue weighted by atomic mass is 16.7. The van der Waals surface area contributed by atoms with Crippen LogP contribution >= 0.6 is 0 Å². The molecule has 0 spiro atoms. The molecule has 17 atom stereocenters. The fourth-order valence-corrected chi connectivity index (χ4v) is 10.5. The Morgan fingerprint density at radius 3 is 2.10 bits per heavy atom. The Bertz CT molecular complexity index is 1370. The standard InChI is InChI=1S/C47H85NO12/c1-14-17-19-21-23-48(24-22-20-18-15-2)34-25-29(5)55-44(37(34)50)59-41-31(7)39(57-36-27-45(10,54-13)40(51)33(9)56-36)32(8)43(52)58-42(47(12,53)35(49)16-3)30(6)38-28(4)26-46(41,11)60-38/h29-37,39-42,44,49-51,53H,14-27H2,1-13H3/t29?,30-,31-,32+,33?,34?,35-,36-,37?,39-,40-,41+,42+,44-,45?,46+,47+/m0/s1. The van der Waals surface area contributed by atoms with Gasteiger partial charge in [0.15, 0.2) is 12.6 Å². The number of unbranched alkanes of at least 4 members (excludes halogenated alkanes) is 6. The summed E-state index contributed by atoms with van der Waals surface area (Å²) in [7, 11) is 1.54. The van der Waals surface area contributed by atoms with Gasteiger partial charge in [-0.1, -0.05) is 73.1 Å². The molecule has 350 valence electrons. The molecule has 13 nitrogen and oxygen atoms in total. The van der Waals surface area contributed by atoms with Crippen LogP contribution in [0.3, 0.4) is 0 Å². The number of fused-ring (bicyclic) bond motifs is 2. The molecule has 0 saturated carbocycles. The van der Waals surface area contributed by atoms with Crippen LogP contribution in [0.4, 0.5) is 0 Å². The Morgan fingerprint density at radius 1 is 0.917 bits per heavy atom. The maximum absolute atomic E-state index is 14.5. The van der Waals surface area contributed by atoms with Crippen molar-refractivity contribution in [3.05, 3.63) is 11.3 Å². The number of rotatable bonds is 19. The molecule has 4 rings (SSSR count). The third kappa shape index (κ3) is 11.6. The zero-order valence-electron chi connectivity index (χ0n) is 39.5. The van der Waals surface area contributed by atoms with E-state index >= 15 is 0 Å². The highest BCUT2D eigenvalue weighted by molar-refractivity contribution is 5.73. The lowest BCUT2D eigenvalue weighted by molar-refractivity contribution is -0.317. The third-order valence-electron chi connectivity index (χ3n) is 14.3. The van der Waals surface area contributed by atoms with Crippen molar-refractivity contribution in [2.24, 2.45) is 17.8 Å². The number of hydrogen-bond acceptors (Lipinski definition) is 13. The summed E-state index contributed by atoms with van der Waals surface area (Å²) in [6, 6.07) is -0.183. The second-order valence-corrected chi connectivity index (χ2v) is 19.5. The van der Waals surface area contributed by atoms with Crippen LogP contribution in [0.15, 0.2) is 11.3 Å². The summed E-state index contributed by atoms with van der Waals surface area (Å²) < 4.78 is 46.0. The van der Waals surface area contributed by atoms with Gasteiger partial charge >= 0.3 is 5.97 Å². The third-order valence-corrected chi connectivity index (χ3v) is 14.3. The summed E-state index contributed by atoms with van der Waals surface area (Å²) in [6.07, 6.45) is 1.86. The number of aliphatic hydroxyl groups is 4. The fourth-order valence-electron chi connectivity index (χ4n) is 10.5. The van der Waals surface area contributed by atoms with E-state index in [1.165, 1.54) is 19.8 Å². The van der Waals surface area contributed by atoms with Crippen molar-refractivity contribution < 1.29 is 58.4 Å². The van der Waals surface area contributed by atoms with Gasteiger partial charge in [0.2, 0.25) is 0 Å². The van der Waals surface area contributed by atoms with Gasteiger partial charge < -0.3 is 53.6 Å². The summed E-state index contributed by atoms with van der Waals surface area (Å²) >= 11 is 0. The molecule has 4 heterocycles. The van der Waals surface area contributed by atoms with Crippen LogP contribution in [0.5, 0.6) is 0 Å². The quantitative estimate of drug-likeness (QED) is 0.0794. The van der Waals surface area contributed by atoms with Gasteiger partial charge in [0.1, 0.15) is 41.4 Å². The molecule has 4 N–H and O–H groups in total. The molecule has 0 aromatic carbocycles. The molecule has 2 bridgehead atoms. The van der Waals surface area contributed by atoms with Gasteiger partial charge in [0.25, 0.3) is 0 Å². The van der Waals surface area contributed by atoms with E-state index in [1.807, 2.05) is 41.5 Å². The fraction of sp³-hybridized carbons (Fsp3) is 0.936. The Kier molecular flexibility index (Phi) is 18.8. The van der Waals surface area contributed by atoms with E-state index in [2.05, 4.69) is 18.7 Å². The second-order valence-electron chi connectivity index (χ2n) is 19.5. The van der Waals surface area contributed by atoms with Gasteiger partial charge in [-0.05, 0) is 92.8 Å². The molecule has 0 aromatic heterocycles. The summed E-state index contributed by atoms with van der Waals surface area (Å²) in [6.45, 7) is 24.6. The normalized spacial score (nSPS) is 40.8. The first-order valence-corrected chi connectivity index (χ1v) is 23.5. The average Bonchev–Trinajstić information content (AvgIpc) is 3.52. The number of hydrogen-bond donors (Lipinski definition) is 4. The van der Waals surface area contributed by atoms with Crippen LogP contribution in [0.25, 0.3) is 0 Å². The number of carbonyl (C=O) groups is 1. The van der Waals surface area contributed by atoms with Gasteiger partial charge in [-0.3, -0.25) is 9.69 Å². The van der Waals surface area contributed by atoms with Crippen LogP contribution in [0, 0.1) is 17.8 Å². The maximum Gasteiger partial charge on any atom is 0.311 e. The lowest BCUT2D eigenvalue weighted by atomic mass is 9.78. The molecule has 0 radical (unpaired) electrons. The molecule has 60 heavy (non-hydrogen) atoms. The van der Waals surface area contributed by atoms with Crippen molar-refractivity contribution in [3.63, 3.8) is 0 Å². The number of aliphatic hydroxyl groups excluding tert-OH is 3. The summed E-state index contributed by atoms with van der Waals surface area (Å²) in [4.78, 5) is 17.0. The molecule has 0 amide bonds. The van der Waals surface area contributed by atoms with Crippen LogP contribution in [-0.4, -0.2) is 136 Å². The molecule has 4 aliphatic heterocycles. The SMILES string of the molecule is CCCCCCN(CCCCCC)C1CC(C)O[C@@H](O[C@@H]2[C@@H](C)[C@H](O[C@H]3CC(C)(OC)[C@@H](O)C(C)O3)[C@@H](C)C(=O)O[C@@H]([C@](C)(O)[C@@H](O)CC)[C@@H](C)C3=C(C)C[C@@]2(C)O3)C1O. The van der Waals surface area contributed by atoms with Crippen molar-refractivity contribution in [2.75, 3.05) is 20.2 Å². The Hall–Kier alpha value is -1.39. The van der Waals surface area contributed by atoms with Crippen molar-refractivity contribution >= 4 is 5.97 Å². The number of carbonyl (C=O) groups excluding carboxylic acids is 1. The van der Waals surface area contributed by atoms with Gasteiger partial charge in [0.05, 0.1) is 41.9 Å². The summed E-state index contributed by atoms with van der Waals surface area (Å²) in [5.41, 5.74) is -2.96. The van der Waals surface area contributed by atoms with Crippen LogP contribution in [0.2, 0.25) is 0 Å². The first-order valence-electron chi connectivity index (χ1n) is 23.5. The number of cyclic esters (lactones) is 1. The zero-order valence-corrected chi connectivity index (χ0v) is 39.5. The molecule has 3 saturated heterocycles. The van der Waals surface area contributed by atoms with Crippen LogP contribution < -0.4 is 0 Å². The average molecular weight is 856 g/mol. The number of methoxy groups -OCH3 is 1. The number of esters is 1. The predicted octanol–water partition coefficient (Wildman–Crippen LogP) is 6.79. The first-order chi connectivity index (χ1) is 28.2. The Morgan fingerprint density at radius 2 is 1.53 bits per heavy atom. The topological polar surface area (TPSA) is 166 Å². The molecule has 3 fully saturated rings. The van der Waals surface area contributed by atoms with E-state index in [0.717, 1.165) is 57.2 Å². The second kappa shape index (κ2) is 22.0. The van der Waals surface area contributed by atoms with Gasteiger partial charge in [0, 0.05) is 31.9 Å². The highest BCUT2D eigenvalue weighted by Crippen LogP contribution is 2.48. The van der Waals surface area contributed by atoms with Crippen molar-refractivity contribution in [1.82, 2.24) is 4.90 Å². The zero-order chi connectivity index (χ0) is 44.7. The Balaban J connectivity index is 1.79. The van der Waals surface area contributed by atoms with Crippen molar-refractivity contribution in [1.29, 1.82) is 0 Å². The monoisotopic (exact) mass is 856 g/mol. The molecular weight excluding hydrogens is 771 g/mol. The van der Waals surface area contributed by atoms with Crippen LogP contribution in [0.1, 0.15) is 160 Å². The highest BCUT2D eigenvalue weighted by Gasteiger charge is 2.57. The van der Waals surface area contributed by atoms with E-state index in [4.69, 9.17) is 33.2 Å². The van der Waals surface area contributed by atoms with E-state index in [-0.39, 0.29) is 25.0 Å². The minimum Gasteiger partial charge on any atom is -0.488 e. The summed E-state index contributed by atoms with van der Waals surface area (Å²) in [5, 5.41) is 46.4. The molecule has 0 aliphatic carbocycles. The van der Waals surface area contributed by atoms with Gasteiger partial charge in [-0.15, -0.1) is 0 Å². The summed E-state index contributed by atoms with van der Waals surface area (Å²) in [5.74, 6) is -2.24. The minimum atomic E-state index is -1.83. The van der Waals surface area contributed by atoms with Gasteiger partial charge in [-0.25, -0.2) is 0 Å². The van der Waals surface area contributed by atoms with Crippen molar-refractivity contribution in [2.45, 2.75) is 244 Å². The van der Waals surface area contributed by atoms with E-state index < -0.39 is 95.8 Å². The van der Waals surface area contributed by atoms with Gasteiger partial charge in [-0.2, -0.15) is 0 Å². The van der Waals surface area contributed by atoms with E-state index in [9.17, 15) is 25.2 Å². The minimum absolute atomic E-state index is 0.178. The first kappa shape index (κ1) is 51.2. The molecule has 13 heteroatoms.